The third-order valence-corrected chi connectivity index (χ3v) is 2.76. The first-order valence-electron chi connectivity index (χ1n) is 5.47. The van der Waals surface area contributed by atoms with Crippen LogP contribution in [0.15, 0.2) is 0 Å². The number of carbonyl (C=O) groups is 2. The van der Waals surface area contributed by atoms with Gasteiger partial charge in [-0.05, 0) is 26.2 Å². The van der Waals surface area contributed by atoms with Crippen LogP contribution in [0, 0.1) is 13.3 Å². The number of rotatable bonds is 8. The maximum atomic E-state index is 11.1. The van der Waals surface area contributed by atoms with Gasteiger partial charge in [-0.1, -0.05) is 19.1 Å². The summed E-state index contributed by atoms with van der Waals surface area (Å²) in [4.78, 5) is 21.9. The van der Waals surface area contributed by atoms with Gasteiger partial charge in [-0.3, -0.25) is 9.59 Å². The third-order valence-electron chi connectivity index (χ3n) is 2.50. The van der Waals surface area contributed by atoms with Crippen molar-refractivity contribution in [2.45, 2.75) is 39.5 Å². The van der Waals surface area contributed by atoms with E-state index in [2.05, 4.69) is 17.9 Å². The molecule has 3 nitrogen and oxygen atoms in total. The fraction of sp³-hybridized carbons (Fsp3) is 0.750. The van der Waals surface area contributed by atoms with E-state index in [0.29, 0.717) is 6.54 Å². The van der Waals surface area contributed by atoms with E-state index in [-0.39, 0.29) is 63.5 Å². The SMILES string of the molecule is CCC(CCCCNC(=O)C[S-])C(C)=O.[CH3-].[Y]. The molecule has 0 aromatic carbocycles. The van der Waals surface area contributed by atoms with Crippen LogP contribution in [0.2, 0.25) is 0 Å². The van der Waals surface area contributed by atoms with Crippen LogP contribution >= 0.6 is 0 Å². The number of Topliss-reactive ketones (excluding diaryl/α,β-unsaturated/α-hetero) is 1. The van der Waals surface area contributed by atoms with Crippen LogP contribution in [0.1, 0.15) is 39.5 Å². The van der Waals surface area contributed by atoms with Gasteiger partial charge in [-0.25, -0.2) is 0 Å². The molecule has 0 saturated heterocycles. The number of hydrogen-bond donors (Lipinski definition) is 1. The molecule has 0 aliphatic carbocycles. The molecule has 17 heavy (non-hydrogen) atoms. The Kier molecular flexibility index (Phi) is 19.6. The van der Waals surface area contributed by atoms with Crippen molar-refractivity contribution in [3.05, 3.63) is 7.43 Å². The van der Waals surface area contributed by atoms with Crippen molar-refractivity contribution in [2.24, 2.45) is 5.92 Å². The Morgan fingerprint density at radius 3 is 2.29 bits per heavy atom. The summed E-state index contributed by atoms with van der Waals surface area (Å²) < 4.78 is 0. The molecule has 0 aromatic heterocycles. The van der Waals surface area contributed by atoms with Crippen molar-refractivity contribution in [1.29, 1.82) is 0 Å². The Balaban J connectivity index is -0.000000980. The van der Waals surface area contributed by atoms with E-state index in [4.69, 9.17) is 0 Å². The second kappa shape index (κ2) is 14.7. The zero-order chi connectivity index (χ0) is 11.7. The summed E-state index contributed by atoms with van der Waals surface area (Å²) in [6.45, 7) is 4.35. The minimum atomic E-state index is -0.0800. The fourth-order valence-electron chi connectivity index (χ4n) is 1.49. The summed E-state index contributed by atoms with van der Waals surface area (Å²) in [6, 6.07) is 0. The summed E-state index contributed by atoms with van der Waals surface area (Å²) >= 11 is 4.59. The number of carbonyl (C=O) groups excluding carboxylic acids is 2. The second-order valence-electron chi connectivity index (χ2n) is 3.71. The average Bonchev–Trinajstić information content (AvgIpc) is 2.22. The number of nitrogens with one attached hydrogen (secondary N) is 1. The summed E-state index contributed by atoms with van der Waals surface area (Å²) in [6.07, 6.45) is 3.74. The zero-order valence-corrected chi connectivity index (χ0v) is 14.8. The molecule has 1 N–H and O–H groups in total. The van der Waals surface area contributed by atoms with Crippen LogP contribution in [0.3, 0.4) is 0 Å². The van der Waals surface area contributed by atoms with Crippen molar-refractivity contribution in [3.63, 3.8) is 0 Å². The molecule has 5 heteroatoms. The van der Waals surface area contributed by atoms with Crippen LogP contribution in [0.25, 0.3) is 0 Å². The summed E-state index contributed by atoms with van der Waals surface area (Å²) in [5.41, 5.74) is 0. The van der Waals surface area contributed by atoms with Gasteiger partial charge >= 0.3 is 0 Å². The maximum Gasteiger partial charge on any atom is 0.195 e. The molecular weight excluding hydrogens is 311 g/mol. The van der Waals surface area contributed by atoms with Gasteiger partial charge in [0.05, 0.1) is 0 Å². The van der Waals surface area contributed by atoms with E-state index >= 15 is 0 Å². The van der Waals surface area contributed by atoms with E-state index < -0.39 is 0 Å². The molecule has 0 spiro atoms. The van der Waals surface area contributed by atoms with Crippen LogP contribution in [-0.2, 0) is 54.9 Å². The van der Waals surface area contributed by atoms with Gasteiger partial charge in [0.25, 0.3) is 0 Å². The molecule has 99 valence electrons. The monoisotopic (exact) mass is 334 g/mol. The normalized spacial score (nSPS) is 10.8. The smallest absolute Gasteiger partial charge is 0.195 e. The summed E-state index contributed by atoms with van der Waals surface area (Å²) in [5.74, 6) is 0.515. The molecule has 0 saturated carbocycles. The maximum absolute atomic E-state index is 11.1. The predicted octanol–water partition coefficient (Wildman–Crippen LogP) is 1.88. The molecule has 0 aliphatic rings. The van der Waals surface area contributed by atoms with E-state index in [0.717, 1.165) is 25.7 Å². The van der Waals surface area contributed by atoms with Gasteiger partial charge in [-0.15, -0.1) is 0 Å². The molecule has 0 rings (SSSR count). The predicted molar refractivity (Wildman–Crippen MR) is 70.0 cm³/mol. The Bertz CT molecular complexity index is 213. The van der Waals surface area contributed by atoms with Gasteiger partial charge < -0.3 is 25.4 Å². The van der Waals surface area contributed by atoms with E-state index in [1.807, 2.05) is 6.92 Å². The quantitative estimate of drug-likeness (QED) is 0.419. The van der Waals surface area contributed by atoms with E-state index in [9.17, 15) is 9.59 Å². The Morgan fingerprint density at radius 1 is 1.29 bits per heavy atom. The van der Waals surface area contributed by atoms with Crippen LogP contribution < -0.4 is 5.32 Å². The third kappa shape index (κ3) is 12.8. The number of amides is 1. The second-order valence-corrected chi connectivity index (χ2v) is 3.99. The molecular formula is C12H23NO2SY-2. The van der Waals surface area contributed by atoms with Gasteiger partial charge in [-0.2, -0.15) is 0 Å². The number of hydrogen-bond acceptors (Lipinski definition) is 3. The van der Waals surface area contributed by atoms with Crippen molar-refractivity contribution in [3.8, 4) is 0 Å². The molecule has 0 fully saturated rings. The molecule has 1 radical (unpaired) electrons. The molecule has 1 amide bonds. The van der Waals surface area contributed by atoms with Crippen LogP contribution in [-0.4, -0.2) is 24.0 Å². The number of unbranched alkanes of at least 4 members (excludes halogenated alkanes) is 1. The van der Waals surface area contributed by atoms with Crippen LogP contribution in [0.5, 0.6) is 0 Å². The Hall–Kier alpha value is 0.594. The molecule has 1 atom stereocenters. The van der Waals surface area contributed by atoms with Crippen molar-refractivity contribution in [2.75, 3.05) is 12.3 Å². The van der Waals surface area contributed by atoms with Gasteiger partial charge in [0.1, 0.15) is 5.78 Å². The largest absolute Gasteiger partial charge is 0.783 e. The van der Waals surface area contributed by atoms with E-state index in [1.54, 1.807) is 6.92 Å². The first-order valence-corrected chi connectivity index (χ1v) is 6.04. The van der Waals surface area contributed by atoms with E-state index in [1.165, 1.54) is 0 Å². The average molecular weight is 334 g/mol. The van der Waals surface area contributed by atoms with Crippen LogP contribution in [0.4, 0.5) is 0 Å². The Labute approximate surface area is 136 Å². The summed E-state index contributed by atoms with van der Waals surface area (Å²) in [5, 5.41) is 2.73. The minimum absolute atomic E-state index is 0. The summed E-state index contributed by atoms with van der Waals surface area (Å²) in [7, 11) is 0. The van der Waals surface area contributed by atoms with Gasteiger partial charge in [0.15, 0.2) is 5.91 Å². The molecule has 0 aliphatic heterocycles. The zero-order valence-electron chi connectivity index (χ0n) is 11.1. The molecule has 1 unspecified atom stereocenters. The first kappa shape index (κ1) is 22.7. The van der Waals surface area contributed by atoms with Crippen molar-refractivity contribution >= 4 is 24.3 Å². The molecule has 0 bridgehead atoms. The topological polar surface area (TPSA) is 46.2 Å². The molecule has 0 heterocycles. The van der Waals surface area contributed by atoms with Crippen molar-refractivity contribution in [1.82, 2.24) is 5.32 Å². The van der Waals surface area contributed by atoms with Crippen molar-refractivity contribution < 1.29 is 42.3 Å². The minimum Gasteiger partial charge on any atom is -0.783 e. The van der Waals surface area contributed by atoms with Gasteiger partial charge in [0, 0.05) is 45.2 Å². The first-order chi connectivity index (χ1) is 7.11. The number of ketones is 1. The standard InChI is InChI=1S/C11H21NO2S.CH3.Y/c1-3-10(9(2)13)6-4-5-7-12-11(14)8-15;;/h10,15H,3-8H2,1-2H3,(H,12,14);1H3;/q;-1;/p-1. The Morgan fingerprint density at radius 2 is 1.88 bits per heavy atom. The molecule has 0 aromatic rings. The van der Waals surface area contributed by atoms with Gasteiger partial charge in [0.2, 0.25) is 0 Å². The fourth-order valence-corrected chi connectivity index (χ4v) is 1.59.